The first-order valence-corrected chi connectivity index (χ1v) is 15.8. The summed E-state index contributed by atoms with van der Waals surface area (Å²) in [4.78, 5) is 14.8. The fourth-order valence-electron chi connectivity index (χ4n) is 7.82. The number of fused-ring (bicyclic) bond motifs is 5. The summed E-state index contributed by atoms with van der Waals surface area (Å²) in [5.41, 5.74) is 9.41. The van der Waals surface area contributed by atoms with Gasteiger partial charge in [-0.05, 0) is 77.4 Å². The summed E-state index contributed by atoms with van der Waals surface area (Å²) in [7, 11) is 3.74. The molecule has 4 aromatic rings. The Morgan fingerprint density at radius 2 is 2.05 bits per heavy atom. The predicted molar refractivity (Wildman–Crippen MR) is 161 cm³/mol. The fraction of sp³-hybridized carbons (Fsp3) is 0.567. The Balaban J connectivity index is 1.39. The molecule has 3 atom stereocenters. The Kier molecular flexibility index (Phi) is 6.89. The third-order valence-corrected chi connectivity index (χ3v) is 10.9. The maximum Gasteiger partial charge on any atom is 0.255 e. The predicted octanol–water partition coefficient (Wildman–Crippen LogP) is 5.31. The number of nitriles is 1. The zero-order valence-electron chi connectivity index (χ0n) is 24.6. The summed E-state index contributed by atoms with van der Waals surface area (Å²) in [6.45, 7) is 2.68. The van der Waals surface area contributed by atoms with Crippen molar-refractivity contribution in [2.45, 2.75) is 82.2 Å². The average molecular weight is 608 g/mol. The van der Waals surface area contributed by atoms with E-state index >= 15 is 0 Å². The summed E-state index contributed by atoms with van der Waals surface area (Å²) in [6, 6.07) is 2.66. The maximum absolute atomic E-state index is 13.6. The molecule has 2 aliphatic carbocycles. The minimum Gasteiger partial charge on any atom is -0.389 e. The number of thiophene rings is 1. The Labute approximate surface area is 252 Å². The van der Waals surface area contributed by atoms with Crippen molar-refractivity contribution < 1.29 is 13.3 Å². The Morgan fingerprint density at radius 1 is 1.26 bits per heavy atom. The molecule has 1 spiro atoms. The van der Waals surface area contributed by atoms with Crippen LogP contribution in [0.2, 0.25) is 0 Å². The van der Waals surface area contributed by atoms with Gasteiger partial charge in [0, 0.05) is 23.5 Å². The van der Waals surface area contributed by atoms with Crippen LogP contribution in [0.25, 0.3) is 22.6 Å². The van der Waals surface area contributed by atoms with Crippen molar-refractivity contribution in [1.82, 2.24) is 29.8 Å². The van der Waals surface area contributed by atoms with E-state index in [0.29, 0.717) is 38.9 Å². The van der Waals surface area contributed by atoms with Crippen LogP contribution in [-0.4, -0.2) is 69.5 Å². The molecule has 2 N–H and O–H groups in total. The van der Waals surface area contributed by atoms with Crippen molar-refractivity contribution in [3.05, 3.63) is 33.5 Å². The van der Waals surface area contributed by atoms with Crippen LogP contribution in [0.1, 0.15) is 78.8 Å². The minimum absolute atomic E-state index is 0.0182. The molecule has 1 aliphatic heterocycles. The number of likely N-dealkylation sites (N-methyl/N-ethyl adjacent to an activating group) is 1. The zero-order valence-corrected chi connectivity index (χ0v) is 25.4. The van der Waals surface area contributed by atoms with Crippen molar-refractivity contribution in [3.8, 4) is 17.6 Å². The van der Waals surface area contributed by atoms with Gasteiger partial charge in [0.25, 0.3) is 6.43 Å². The van der Waals surface area contributed by atoms with Crippen LogP contribution in [0, 0.1) is 11.3 Å². The van der Waals surface area contributed by atoms with Gasteiger partial charge in [-0.1, -0.05) is 5.16 Å². The van der Waals surface area contributed by atoms with Gasteiger partial charge in [-0.3, -0.25) is 0 Å². The largest absolute Gasteiger partial charge is 0.389 e. The first-order valence-electron chi connectivity index (χ1n) is 15.0. The quantitative estimate of drug-likeness (QED) is 0.310. The lowest BCUT2D eigenvalue weighted by atomic mass is 9.63. The molecule has 0 radical (unpaired) electrons. The number of hydrogen-bond donors (Lipinski definition) is 1. The monoisotopic (exact) mass is 607 g/mol. The first-order chi connectivity index (χ1) is 20.7. The molecule has 4 aromatic heterocycles. The Hall–Kier alpha value is -3.63. The van der Waals surface area contributed by atoms with Crippen molar-refractivity contribution in [3.63, 3.8) is 0 Å². The molecule has 0 bridgehead atoms. The van der Waals surface area contributed by atoms with Gasteiger partial charge in [0.1, 0.15) is 16.9 Å². The van der Waals surface area contributed by atoms with E-state index in [1.54, 1.807) is 13.2 Å². The molecule has 0 aromatic carbocycles. The highest BCUT2D eigenvalue weighted by atomic mass is 32.1. The molecule has 7 rings (SSSR count). The van der Waals surface area contributed by atoms with Crippen LogP contribution in [-0.2, 0) is 18.3 Å². The second kappa shape index (κ2) is 10.5. The van der Waals surface area contributed by atoms with Gasteiger partial charge in [0.15, 0.2) is 22.9 Å². The van der Waals surface area contributed by atoms with Gasteiger partial charge in [0.2, 0.25) is 0 Å². The van der Waals surface area contributed by atoms with Crippen LogP contribution in [0.5, 0.6) is 0 Å². The molecule has 3 unspecified atom stereocenters. The number of likely N-dealkylation sites (tertiary alicyclic amines) is 1. The maximum atomic E-state index is 13.6. The lowest BCUT2D eigenvalue weighted by Crippen LogP contribution is -2.35. The average Bonchev–Trinajstić information content (AvgIpc) is 3.77. The molecule has 10 nitrogen and oxygen atoms in total. The molecule has 226 valence electrons. The molecule has 0 saturated carbocycles. The van der Waals surface area contributed by atoms with Crippen molar-refractivity contribution in [2.24, 2.45) is 0 Å². The summed E-state index contributed by atoms with van der Waals surface area (Å²) >= 11 is 1.50. The lowest BCUT2D eigenvalue weighted by Gasteiger charge is -2.39. The van der Waals surface area contributed by atoms with Gasteiger partial charge >= 0.3 is 0 Å². The Morgan fingerprint density at radius 3 is 2.77 bits per heavy atom. The van der Waals surface area contributed by atoms with E-state index in [4.69, 9.17) is 25.3 Å². The minimum atomic E-state index is -2.54. The van der Waals surface area contributed by atoms with Gasteiger partial charge in [-0.2, -0.15) is 10.4 Å². The van der Waals surface area contributed by atoms with Crippen LogP contribution in [0.15, 0.2) is 10.7 Å². The standard InChI is InChI=1S/C30H35F2N9OS/c1-16(20-8-6-12-39(20)2)41-29-19(14-35-41)28(40(3)15-22(31)32)36-27(37-29)24-17-7-4-10-30(25(17)42-38-24)11-5-9-21-23(30)18(13-33)26(34)43-21/h14,16,20,22H,4-12,15,34H2,1-3H3. The zero-order chi connectivity index (χ0) is 30.0. The summed E-state index contributed by atoms with van der Waals surface area (Å²) in [6.07, 6.45) is 6.45. The molecule has 3 aliphatic rings. The van der Waals surface area contributed by atoms with Crippen molar-refractivity contribution in [2.75, 3.05) is 37.8 Å². The van der Waals surface area contributed by atoms with E-state index < -0.39 is 18.4 Å². The van der Waals surface area contributed by atoms with E-state index in [9.17, 15) is 14.0 Å². The van der Waals surface area contributed by atoms with Crippen LogP contribution in [0.4, 0.5) is 19.6 Å². The SMILES string of the molecule is CC(C1CCCN1C)n1ncc2c(N(C)CC(F)F)nc(-c3noc4c3CCCC43CCCc4sc(N)c(C#N)c43)nc21. The van der Waals surface area contributed by atoms with Crippen LogP contribution < -0.4 is 10.6 Å². The van der Waals surface area contributed by atoms with E-state index in [1.165, 1.54) is 16.2 Å². The fourth-order valence-corrected chi connectivity index (χ4v) is 8.99. The number of rotatable bonds is 6. The van der Waals surface area contributed by atoms with Crippen molar-refractivity contribution >= 4 is 33.2 Å². The van der Waals surface area contributed by atoms with E-state index in [-0.39, 0.29) is 12.1 Å². The number of anilines is 2. The van der Waals surface area contributed by atoms with E-state index in [1.807, 2.05) is 4.68 Å². The third-order valence-electron chi connectivity index (χ3n) is 9.80. The van der Waals surface area contributed by atoms with Gasteiger partial charge in [0.05, 0.1) is 35.1 Å². The molecule has 0 amide bonds. The van der Waals surface area contributed by atoms with E-state index in [0.717, 1.165) is 79.7 Å². The number of halogens is 2. The molecule has 5 heterocycles. The second-order valence-corrected chi connectivity index (χ2v) is 13.4. The van der Waals surface area contributed by atoms with E-state index in [2.05, 4.69) is 30.1 Å². The molecular formula is C30H35F2N9OS. The highest BCUT2D eigenvalue weighted by Crippen LogP contribution is 2.55. The summed E-state index contributed by atoms with van der Waals surface area (Å²) in [5, 5.41) is 20.5. The van der Waals surface area contributed by atoms with Crippen molar-refractivity contribution in [1.29, 1.82) is 5.26 Å². The number of aromatic nitrogens is 5. The molecule has 1 fully saturated rings. The topological polar surface area (TPSA) is 126 Å². The third kappa shape index (κ3) is 4.32. The van der Waals surface area contributed by atoms with Gasteiger partial charge < -0.3 is 20.1 Å². The molecule has 13 heteroatoms. The lowest BCUT2D eigenvalue weighted by molar-refractivity contribution is 0.156. The molecular weight excluding hydrogens is 572 g/mol. The van der Waals surface area contributed by atoms with Gasteiger partial charge in [-0.25, -0.2) is 23.4 Å². The highest BCUT2D eigenvalue weighted by molar-refractivity contribution is 7.16. The second-order valence-electron chi connectivity index (χ2n) is 12.3. The number of aryl methyl sites for hydroxylation is 1. The number of alkyl halides is 2. The smallest absolute Gasteiger partial charge is 0.255 e. The number of nitrogen functional groups attached to an aromatic ring is 1. The number of hydrogen-bond acceptors (Lipinski definition) is 10. The van der Waals surface area contributed by atoms with Gasteiger partial charge in [-0.15, -0.1) is 11.3 Å². The summed E-state index contributed by atoms with van der Waals surface area (Å²) < 4.78 is 35.2. The molecule has 1 saturated heterocycles. The summed E-state index contributed by atoms with van der Waals surface area (Å²) in [5.74, 6) is 1.48. The first kappa shape index (κ1) is 28.2. The highest BCUT2D eigenvalue weighted by Gasteiger charge is 2.49. The van der Waals surface area contributed by atoms with Crippen LogP contribution >= 0.6 is 11.3 Å². The Bertz CT molecular complexity index is 1740. The van der Waals surface area contributed by atoms with Crippen LogP contribution in [0.3, 0.4) is 0 Å². The normalized spacial score (nSPS) is 22.7. The number of nitrogens with zero attached hydrogens (tertiary/aromatic N) is 8. The molecule has 43 heavy (non-hydrogen) atoms. The number of nitrogens with two attached hydrogens (primary N) is 1.